The zero-order valence-corrected chi connectivity index (χ0v) is 16.6. The van der Waals surface area contributed by atoms with Gasteiger partial charge in [0.1, 0.15) is 7.59 Å². The molecule has 0 aromatic rings. The minimum Gasteiger partial charge on any atom is -0.380 e. The van der Waals surface area contributed by atoms with Crippen LogP contribution in [-0.4, -0.2) is 54.9 Å². The highest BCUT2D eigenvalue weighted by atomic mass is 32.2. The molecular formula is C11H28O3SSi3. The van der Waals surface area contributed by atoms with Crippen molar-refractivity contribution in [1.29, 1.82) is 0 Å². The first-order valence-corrected chi connectivity index (χ1v) is 17.5. The third-order valence-corrected chi connectivity index (χ3v) is 17.5. The molecule has 3 nitrogen and oxygen atoms in total. The van der Waals surface area contributed by atoms with E-state index < -0.39 is 24.0 Å². The standard InChI is InChI=1S/C11H28O3SSi3/c1-12-18(17(5,6)7)13-8-9-15-10-11(14-18)16(2,3)4/h11H,8-10H2,1-7H3. The Labute approximate surface area is 119 Å². The molecule has 0 spiro atoms. The molecule has 1 fully saturated rings. The molecule has 0 radical (unpaired) electrons. The van der Waals surface area contributed by atoms with Crippen LogP contribution >= 0.6 is 11.8 Å². The molecule has 1 heterocycles. The second-order valence-corrected chi connectivity index (χ2v) is 26.3. The second kappa shape index (κ2) is 6.11. The molecule has 0 aliphatic carbocycles. The van der Waals surface area contributed by atoms with Crippen LogP contribution in [0.2, 0.25) is 39.3 Å². The molecule has 0 saturated carbocycles. The molecule has 0 aromatic heterocycles. The summed E-state index contributed by atoms with van der Waals surface area (Å²) in [5.41, 5.74) is 0.348. The molecular weight excluding hydrogens is 296 g/mol. The van der Waals surface area contributed by atoms with Gasteiger partial charge in [-0.05, 0) is 0 Å². The van der Waals surface area contributed by atoms with Crippen molar-refractivity contribution in [3.63, 3.8) is 0 Å². The van der Waals surface area contributed by atoms with E-state index >= 15 is 0 Å². The lowest BCUT2D eigenvalue weighted by atomic mass is 10.8. The third kappa shape index (κ3) is 3.94. The van der Waals surface area contributed by atoms with Crippen molar-refractivity contribution in [2.75, 3.05) is 25.2 Å². The number of thioether (sulfide) groups is 1. The third-order valence-electron chi connectivity index (χ3n) is 3.24. The summed E-state index contributed by atoms with van der Waals surface area (Å²) in [5.74, 6) is 2.16. The molecule has 18 heavy (non-hydrogen) atoms. The van der Waals surface area contributed by atoms with Gasteiger partial charge in [-0.2, -0.15) is 11.8 Å². The summed E-state index contributed by atoms with van der Waals surface area (Å²) in [5, 5.41) is 0. The van der Waals surface area contributed by atoms with Crippen molar-refractivity contribution in [2.45, 2.75) is 45.0 Å². The molecule has 108 valence electrons. The highest BCUT2D eigenvalue weighted by molar-refractivity contribution is 7.99. The van der Waals surface area contributed by atoms with Crippen LogP contribution in [0.5, 0.6) is 0 Å². The van der Waals surface area contributed by atoms with Crippen LogP contribution in [0.3, 0.4) is 0 Å². The lowest BCUT2D eigenvalue weighted by molar-refractivity contribution is 0.0906. The summed E-state index contributed by atoms with van der Waals surface area (Å²) in [6, 6.07) is 0. The minimum absolute atomic E-state index is 0.348. The van der Waals surface area contributed by atoms with E-state index in [1.165, 1.54) is 0 Å². The number of hydrogen-bond donors (Lipinski definition) is 0. The van der Waals surface area contributed by atoms with Crippen LogP contribution in [0.4, 0.5) is 0 Å². The van der Waals surface area contributed by atoms with Crippen LogP contribution < -0.4 is 0 Å². The van der Waals surface area contributed by atoms with E-state index in [1.807, 2.05) is 11.8 Å². The van der Waals surface area contributed by atoms with Gasteiger partial charge in [-0.15, -0.1) is 0 Å². The van der Waals surface area contributed by atoms with Gasteiger partial charge >= 0.3 is 8.32 Å². The first-order valence-electron chi connectivity index (χ1n) is 6.57. The van der Waals surface area contributed by atoms with Crippen molar-refractivity contribution in [2.24, 2.45) is 0 Å². The molecule has 1 saturated heterocycles. The molecule has 7 heteroatoms. The Morgan fingerprint density at radius 1 is 1.17 bits per heavy atom. The van der Waals surface area contributed by atoms with Gasteiger partial charge in [0, 0.05) is 30.9 Å². The lowest BCUT2D eigenvalue weighted by Crippen LogP contribution is -2.68. The van der Waals surface area contributed by atoms with Crippen LogP contribution in [0, 0.1) is 0 Å². The van der Waals surface area contributed by atoms with Gasteiger partial charge in [0.05, 0.1) is 8.07 Å². The zero-order chi connectivity index (χ0) is 14.0. The minimum atomic E-state index is -2.45. The van der Waals surface area contributed by atoms with E-state index in [0.717, 1.165) is 18.1 Å². The molecule has 2 atom stereocenters. The van der Waals surface area contributed by atoms with Crippen LogP contribution in [0.15, 0.2) is 0 Å². The summed E-state index contributed by atoms with van der Waals surface area (Å²) in [6.07, 6.45) is 0. The average Bonchev–Trinajstić information content (AvgIpc) is 2.13. The summed E-state index contributed by atoms with van der Waals surface area (Å²) < 4.78 is 18.6. The van der Waals surface area contributed by atoms with Crippen LogP contribution in [-0.2, 0) is 13.3 Å². The monoisotopic (exact) mass is 324 g/mol. The smallest absolute Gasteiger partial charge is 0.380 e. The lowest BCUT2D eigenvalue weighted by Gasteiger charge is -2.44. The Morgan fingerprint density at radius 3 is 2.22 bits per heavy atom. The summed E-state index contributed by atoms with van der Waals surface area (Å²) in [7, 11) is -3.61. The summed E-state index contributed by atoms with van der Waals surface area (Å²) in [6.45, 7) is 14.8. The van der Waals surface area contributed by atoms with Crippen molar-refractivity contribution in [3.05, 3.63) is 0 Å². The van der Waals surface area contributed by atoms with Crippen molar-refractivity contribution in [3.8, 4) is 0 Å². The SMILES string of the molecule is CO[Si]1([Si](C)(C)C)OCCSCC([Si](C)(C)C)O1. The molecule has 2 unspecified atom stereocenters. The van der Waals surface area contributed by atoms with Gasteiger partial charge in [0.2, 0.25) is 0 Å². The molecule has 0 bridgehead atoms. The fraction of sp³-hybridized carbons (Fsp3) is 1.00. The van der Waals surface area contributed by atoms with Gasteiger partial charge in [-0.1, -0.05) is 39.3 Å². The Hall–Kier alpha value is 0.881. The first kappa shape index (κ1) is 16.9. The first-order chi connectivity index (χ1) is 8.12. The van der Waals surface area contributed by atoms with E-state index in [0.29, 0.717) is 5.73 Å². The Balaban J connectivity index is 3.00. The molecule has 0 aromatic carbocycles. The van der Waals surface area contributed by atoms with Gasteiger partial charge in [0.15, 0.2) is 0 Å². The van der Waals surface area contributed by atoms with Gasteiger partial charge in [0.25, 0.3) is 0 Å². The maximum absolute atomic E-state index is 6.55. The van der Waals surface area contributed by atoms with Gasteiger partial charge < -0.3 is 13.3 Å². The zero-order valence-electron chi connectivity index (χ0n) is 12.8. The van der Waals surface area contributed by atoms with E-state index in [2.05, 4.69) is 39.3 Å². The fourth-order valence-electron chi connectivity index (χ4n) is 1.91. The maximum Gasteiger partial charge on any atom is 0.469 e. The molecule has 0 amide bonds. The molecule has 0 N–H and O–H groups in total. The normalized spacial score (nSPS) is 31.8. The number of rotatable bonds is 3. The fourth-order valence-corrected chi connectivity index (χ4v) is 14.9. The van der Waals surface area contributed by atoms with E-state index in [4.69, 9.17) is 13.3 Å². The summed E-state index contributed by atoms with van der Waals surface area (Å²) >= 11 is 1.95. The van der Waals surface area contributed by atoms with Gasteiger partial charge in [-0.25, -0.2) is 0 Å². The van der Waals surface area contributed by atoms with Crippen molar-refractivity contribution >= 4 is 35.7 Å². The highest BCUT2D eigenvalue weighted by Gasteiger charge is 2.56. The molecule has 1 aliphatic rings. The van der Waals surface area contributed by atoms with Gasteiger partial charge in [-0.3, -0.25) is 0 Å². The predicted molar refractivity (Wildman–Crippen MR) is 87.6 cm³/mol. The van der Waals surface area contributed by atoms with Crippen LogP contribution in [0.1, 0.15) is 0 Å². The maximum atomic E-state index is 6.55. The van der Waals surface area contributed by atoms with E-state index in [-0.39, 0.29) is 0 Å². The van der Waals surface area contributed by atoms with E-state index in [9.17, 15) is 0 Å². The molecule has 1 rings (SSSR count). The largest absolute Gasteiger partial charge is 0.469 e. The Bertz CT molecular complexity index is 278. The van der Waals surface area contributed by atoms with E-state index in [1.54, 1.807) is 7.11 Å². The predicted octanol–water partition coefficient (Wildman–Crippen LogP) is 3.01. The Morgan fingerprint density at radius 2 is 1.78 bits per heavy atom. The van der Waals surface area contributed by atoms with Crippen molar-refractivity contribution in [1.82, 2.24) is 0 Å². The highest BCUT2D eigenvalue weighted by Crippen LogP contribution is 2.30. The van der Waals surface area contributed by atoms with Crippen LogP contribution in [0.25, 0.3) is 0 Å². The molecule has 1 aliphatic heterocycles. The number of hydrogen-bond acceptors (Lipinski definition) is 4. The second-order valence-electron chi connectivity index (χ2n) is 6.91. The quantitative estimate of drug-likeness (QED) is 0.746. The summed E-state index contributed by atoms with van der Waals surface area (Å²) in [4.78, 5) is 0. The average molecular weight is 325 g/mol. The van der Waals surface area contributed by atoms with Crippen molar-refractivity contribution < 1.29 is 13.3 Å². The Kier molecular flexibility index (Phi) is 5.75. The topological polar surface area (TPSA) is 27.7 Å².